The molecule has 1 saturated carbocycles. The third-order valence-electron chi connectivity index (χ3n) is 7.78. The first-order valence-electron chi connectivity index (χ1n) is 12.8. The lowest BCUT2D eigenvalue weighted by molar-refractivity contribution is 0.0285. The third kappa shape index (κ3) is 6.43. The number of rotatable bonds is 8. The summed E-state index contributed by atoms with van der Waals surface area (Å²) in [5.74, 6) is 3.04. The van der Waals surface area contributed by atoms with E-state index in [0.717, 1.165) is 17.7 Å². The summed E-state index contributed by atoms with van der Waals surface area (Å²) < 4.78 is 6.15. The van der Waals surface area contributed by atoms with Crippen LogP contribution in [0.3, 0.4) is 0 Å². The number of hydrogen-bond acceptors (Lipinski definition) is 5. The van der Waals surface area contributed by atoms with Crippen molar-refractivity contribution in [3.05, 3.63) is 23.9 Å². The monoisotopic (exact) mass is 428 g/mol. The van der Waals surface area contributed by atoms with Gasteiger partial charge in [0.25, 0.3) is 0 Å². The summed E-state index contributed by atoms with van der Waals surface area (Å²) in [6.45, 7) is 19.3. The van der Waals surface area contributed by atoms with Gasteiger partial charge in [0, 0.05) is 57.6 Å². The van der Waals surface area contributed by atoms with Gasteiger partial charge in [0.1, 0.15) is 6.10 Å². The number of piperidine rings is 1. The zero-order valence-corrected chi connectivity index (χ0v) is 20.3. The Kier molecular flexibility index (Phi) is 7.89. The first kappa shape index (κ1) is 23.0. The van der Waals surface area contributed by atoms with Crippen LogP contribution in [0.5, 0.6) is 5.88 Å². The zero-order valence-electron chi connectivity index (χ0n) is 20.3. The minimum atomic E-state index is 0.363. The average Bonchev–Trinajstić information content (AvgIpc) is 2.74. The third-order valence-corrected chi connectivity index (χ3v) is 7.78. The molecule has 0 atom stereocenters. The molecular formula is C26H44N4O. The second-order valence-corrected chi connectivity index (χ2v) is 10.8. The minimum Gasteiger partial charge on any atom is -0.474 e. The highest BCUT2D eigenvalue weighted by Gasteiger charge is 2.33. The summed E-state index contributed by atoms with van der Waals surface area (Å²) in [4.78, 5) is 12.5. The van der Waals surface area contributed by atoms with Crippen molar-refractivity contribution in [1.29, 1.82) is 0 Å². The Balaban J connectivity index is 1.10. The van der Waals surface area contributed by atoms with Crippen LogP contribution in [0.4, 0.5) is 0 Å². The van der Waals surface area contributed by atoms with Gasteiger partial charge in [0.15, 0.2) is 0 Å². The normalized spacial score (nSPS) is 27.0. The van der Waals surface area contributed by atoms with Crippen LogP contribution in [0, 0.1) is 11.8 Å². The molecule has 174 valence electrons. The van der Waals surface area contributed by atoms with Crippen molar-refractivity contribution < 1.29 is 4.74 Å². The van der Waals surface area contributed by atoms with Gasteiger partial charge in [0.05, 0.1) is 0 Å². The molecule has 0 amide bonds. The number of hydrogen-bond donors (Lipinski definition) is 0. The number of pyridine rings is 1. The molecule has 1 aliphatic carbocycles. The molecule has 0 spiro atoms. The molecule has 2 saturated heterocycles. The van der Waals surface area contributed by atoms with E-state index in [4.69, 9.17) is 4.74 Å². The Morgan fingerprint density at radius 1 is 0.903 bits per heavy atom. The molecule has 3 fully saturated rings. The zero-order chi connectivity index (χ0) is 21.8. The summed E-state index contributed by atoms with van der Waals surface area (Å²) in [7, 11) is 0. The quantitative estimate of drug-likeness (QED) is 0.622. The van der Waals surface area contributed by atoms with Crippen LogP contribution in [0.25, 0.3) is 0 Å². The van der Waals surface area contributed by atoms with Gasteiger partial charge in [-0.1, -0.05) is 13.8 Å². The average molecular weight is 429 g/mol. The van der Waals surface area contributed by atoms with Crippen LogP contribution < -0.4 is 4.74 Å². The molecule has 5 nitrogen and oxygen atoms in total. The molecule has 3 aliphatic rings. The maximum Gasteiger partial charge on any atom is 0.213 e. The largest absolute Gasteiger partial charge is 0.474 e. The van der Waals surface area contributed by atoms with E-state index in [1.165, 1.54) is 83.6 Å². The van der Waals surface area contributed by atoms with Gasteiger partial charge in [-0.25, -0.2) is 4.98 Å². The van der Waals surface area contributed by atoms with E-state index >= 15 is 0 Å². The summed E-state index contributed by atoms with van der Waals surface area (Å²) >= 11 is 0. The standard InChI is InChI=1S/C26H44N4O/c1-20(2)24-5-8-27-26(17-24)31-25-15-23(16-25)19-28-9-6-22(7-10-28)18-29-11-13-30(14-12-29)21(3)4/h5,8,17,20-23,25H,6-7,9-16,18-19H2,1-4H3/t23-,25-. The lowest BCUT2D eigenvalue weighted by atomic mass is 9.81. The van der Waals surface area contributed by atoms with E-state index < -0.39 is 0 Å². The minimum absolute atomic E-state index is 0.363. The summed E-state index contributed by atoms with van der Waals surface area (Å²) in [5, 5.41) is 0. The first-order chi connectivity index (χ1) is 15.0. The van der Waals surface area contributed by atoms with Crippen LogP contribution in [0.15, 0.2) is 18.3 Å². The number of ether oxygens (including phenoxy) is 1. The molecular weight excluding hydrogens is 384 g/mol. The number of aromatic nitrogens is 1. The van der Waals surface area contributed by atoms with E-state index in [2.05, 4.69) is 59.5 Å². The highest BCUT2D eigenvalue weighted by molar-refractivity contribution is 5.23. The SMILES string of the molecule is CC(C)c1ccnc(O[C@H]2C[C@H](CN3CCC(CN4CCN(C(C)C)CC4)CC3)C2)c1. The topological polar surface area (TPSA) is 31.8 Å². The molecule has 3 heterocycles. The van der Waals surface area contributed by atoms with Crippen molar-refractivity contribution in [3.8, 4) is 5.88 Å². The van der Waals surface area contributed by atoms with Crippen molar-refractivity contribution in [2.45, 2.75) is 71.4 Å². The molecule has 1 aromatic heterocycles. The van der Waals surface area contributed by atoms with Crippen LogP contribution >= 0.6 is 0 Å². The second-order valence-electron chi connectivity index (χ2n) is 10.8. The van der Waals surface area contributed by atoms with Crippen LogP contribution in [-0.2, 0) is 0 Å². The van der Waals surface area contributed by atoms with Gasteiger partial charge >= 0.3 is 0 Å². The number of piperazine rings is 1. The maximum atomic E-state index is 6.15. The van der Waals surface area contributed by atoms with E-state index in [1.807, 2.05) is 6.20 Å². The molecule has 4 rings (SSSR count). The lowest BCUT2D eigenvalue weighted by Crippen LogP contribution is -2.51. The Hall–Kier alpha value is -1.17. The Morgan fingerprint density at radius 2 is 1.55 bits per heavy atom. The van der Waals surface area contributed by atoms with Gasteiger partial charge in [-0.2, -0.15) is 0 Å². The predicted octanol–water partition coefficient (Wildman–Crippen LogP) is 4.10. The van der Waals surface area contributed by atoms with Gasteiger partial charge in [-0.05, 0) is 82.0 Å². The maximum absolute atomic E-state index is 6.15. The Labute approximate surface area is 190 Å². The second kappa shape index (κ2) is 10.6. The Bertz CT molecular complexity index is 672. The van der Waals surface area contributed by atoms with Crippen molar-refractivity contribution in [3.63, 3.8) is 0 Å². The smallest absolute Gasteiger partial charge is 0.213 e. The molecule has 0 aromatic carbocycles. The van der Waals surface area contributed by atoms with Gasteiger partial charge < -0.3 is 14.5 Å². The van der Waals surface area contributed by atoms with Crippen molar-refractivity contribution >= 4 is 0 Å². The Morgan fingerprint density at radius 3 is 2.19 bits per heavy atom. The molecule has 0 unspecified atom stereocenters. The molecule has 1 aromatic rings. The fourth-order valence-electron chi connectivity index (χ4n) is 5.48. The molecule has 5 heteroatoms. The predicted molar refractivity (Wildman–Crippen MR) is 128 cm³/mol. The highest BCUT2D eigenvalue weighted by atomic mass is 16.5. The van der Waals surface area contributed by atoms with E-state index in [1.54, 1.807) is 0 Å². The summed E-state index contributed by atoms with van der Waals surface area (Å²) in [5.41, 5.74) is 1.31. The van der Waals surface area contributed by atoms with E-state index in [-0.39, 0.29) is 0 Å². The van der Waals surface area contributed by atoms with Crippen LogP contribution in [-0.4, -0.2) is 84.2 Å². The van der Waals surface area contributed by atoms with Gasteiger partial charge in [0.2, 0.25) is 5.88 Å². The highest BCUT2D eigenvalue weighted by Crippen LogP contribution is 2.33. The van der Waals surface area contributed by atoms with E-state index in [0.29, 0.717) is 18.1 Å². The molecule has 0 N–H and O–H groups in total. The molecule has 31 heavy (non-hydrogen) atoms. The van der Waals surface area contributed by atoms with Gasteiger partial charge in [-0.3, -0.25) is 4.90 Å². The van der Waals surface area contributed by atoms with Crippen molar-refractivity contribution in [2.75, 3.05) is 52.4 Å². The molecule has 2 aliphatic heterocycles. The van der Waals surface area contributed by atoms with Crippen LogP contribution in [0.1, 0.15) is 64.9 Å². The molecule has 0 bridgehead atoms. The summed E-state index contributed by atoms with van der Waals surface area (Å²) in [6.07, 6.45) is 7.38. The van der Waals surface area contributed by atoms with E-state index in [9.17, 15) is 0 Å². The van der Waals surface area contributed by atoms with Crippen molar-refractivity contribution in [2.24, 2.45) is 11.8 Å². The lowest BCUT2D eigenvalue weighted by Gasteiger charge is -2.42. The molecule has 0 radical (unpaired) electrons. The van der Waals surface area contributed by atoms with Crippen LogP contribution in [0.2, 0.25) is 0 Å². The van der Waals surface area contributed by atoms with Crippen molar-refractivity contribution in [1.82, 2.24) is 19.7 Å². The fourth-order valence-corrected chi connectivity index (χ4v) is 5.48. The van der Waals surface area contributed by atoms with Gasteiger partial charge in [-0.15, -0.1) is 0 Å². The first-order valence-corrected chi connectivity index (χ1v) is 12.8. The number of nitrogens with zero attached hydrogens (tertiary/aromatic N) is 4. The summed E-state index contributed by atoms with van der Waals surface area (Å²) in [6, 6.07) is 4.91. The number of likely N-dealkylation sites (tertiary alicyclic amines) is 1. The fraction of sp³-hybridized carbons (Fsp3) is 0.808.